The number of nitrogens with zero attached hydrogens (tertiary/aromatic N) is 1. The van der Waals surface area contributed by atoms with Crippen molar-refractivity contribution in [3.8, 4) is 5.75 Å². The van der Waals surface area contributed by atoms with Crippen molar-refractivity contribution in [2.24, 2.45) is 0 Å². The van der Waals surface area contributed by atoms with Crippen LogP contribution in [0.4, 0.5) is 4.79 Å². The number of fused-ring (bicyclic) bond motifs is 1. The number of benzene rings is 1. The molecule has 0 saturated carbocycles. The Morgan fingerprint density at radius 2 is 2.10 bits per heavy atom. The van der Waals surface area contributed by atoms with Crippen LogP contribution in [0.3, 0.4) is 0 Å². The van der Waals surface area contributed by atoms with E-state index in [1.807, 2.05) is 39.1 Å². The molecule has 29 heavy (non-hydrogen) atoms. The average molecular weight is 466 g/mol. The van der Waals surface area contributed by atoms with Crippen LogP contribution in [0.1, 0.15) is 39.2 Å². The van der Waals surface area contributed by atoms with E-state index in [1.54, 1.807) is 7.11 Å². The van der Waals surface area contributed by atoms with E-state index in [0.717, 1.165) is 33.1 Å². The van der Waals surface area contributed by atoms with Gasteiger partial charge in [0.15, 0.2) is 0 Å². The van der Waals surface area contributed by atoms with Gasteiger partial charge in [-0.1, -0.05) is 0 Å². The number of aromatic nitrogens is 1. The highest BCUT2D eigenvalue weighted by atomic mass is 79.9. The molecule has 3 rings (SSSR count). The molecule has 1 aliphatic rings. The number of amides is 2. The molecule has 2 N–H and O–H groups in total. The molecule has 7 nitrogen and oxygen atoms in total. The minimum absolute atomic E-state index is 0.131. The number of aromatic amines is 1. The molecular weight excluding hydrogens is 438 g/mol. The zero-order valence-electron chi connectivity index (χ0n) is 17.3. The first-order valence-electron chi connectivity index (χ1n) is 9.80. The second-order valence-electron chi connectivity index (χ2n) is 8.22. The summed E-state index contributed by atoms with van der Waals surface area (Å²) in [6.07, 6.45) is 3.66. The zero-order valence-corrected chi connectivity index (χ0v) is 18.9. The standard InChI is InChI=1S/C21H28BrN3O4/c1-21(2,3)29-20(27)25-9-5-6-17(25)19(26)23-8-7-13-12-24-16-11-15(22)18(28-4)10-14(13)16/h10-12,17,24H,5-9H2,1-4H3,(H,23,26)/t17-/m0/s1. The van der Waals surface area contributed by atoms with Gasteiger partial charge in [0.2, 0.25) is 5.91 Å². The molecule has 2 aromatic rings. The fourth-order valence-corrected chi connectivity index (χ4v) is 4.07. The third-order valence-electron chi connectivity index (χ3n) is 4.92. The molecule has 1 saturated heterocycles. The van der Waals surface area contributed by atoms with Crippen LogP contribution in [0, 0.1) is 0 Å². The third-order valence-corrected chi connectivity index (χ3v) is 5.54. The maximum atomic E-state index is 12.7. The number of rotatable bonds is 5. The number of likely N-dealkylation sites (tertiary alicyclic amines) is 1. The lowest BCUT2D eigenvalue weighted by atomic mass is 10.1. The molecule has 158 valence electrons. The van der Waals surface area contributed by atoms with E-state index in [-0.39, 0.29) is 5.91 Å². The first-order valence-corrected chi connectivity index (χ1v) is 10.6. The maximum Gasteiger partial charge on any atom is 0.410 e. The van der Waals surface area contributed by atoms with E-state index >= 15 is 0 Å². The summed E-state index contributed by atoms with van der Waals surface area (Å²) in [5, 5.41) is 4.04. The van der Waals surface area contributed by atoms with Gasteiger partial charge in [-0.25, -0.2) is 4.79 Å². The molecule has 0 spiro atoms. The topological polar surface area (TPSA) is 83.7 Å². The highest BCUT2D eigenvalue weighted by Crippen LogP contribution is 2.31. The summed E-state index contributed by atoms with van der Waals surface area (Å²) in [7, 11) is 1.64. The second kappa shape index (κ2) is 8.65. The summed E-state index contributed by atoms with van der Waals surface area (Å²) < 4.78 is 11.7. The Hall–Kier alpha value is -2.22. The van der Waals surface area contributed by atoms with Gasteiger partial charge < -0.3 is 19.8 Å². The largest absolute Gasteiger partial charge is 0.496 e. The molecule has 1 aromatic carbocycles. The molecule has 8 heteroatoms. The highest BCUT2D eigenvalue weighted by Gasteiger charge is 2.36. The Balaban J connectivity index is 1.59. The van der Waals surface area contributed by atoms with Gasteiger partial charge in [-0.3, -0.25) is 9.69 Å². The van der Waals surface area contributed by atoms with Crippen LogP contribution in [-0.4, -0.2) is 53.7 Å². The molecule has 2 heterocycles. The lowest BCUT2D eigenvalue weighted by Gasteiger charge is -2.28. The predicted molar refractivity (Wildman–Crippen MR) is 115 cm³/mol. The van der Waals surface area contributed by atoms with Gasteiger partial charge in [0, 0.05) is 30.2 Å². The van der Waals surface area contributed by atoms with Gasteiger partial charge >= 0.3 is 6.09 Å². The number of halogens is 1. The van der Waals surface area contributed by atoms with Crippen LogP contribution in [0.25, 0.3) is 10.9 Å². The van der Waals surface area contributed by atoms with Crippen molar-refractivity contribution in [2.45, 2.75) is 51.7 Å². The molecule has 1 fully saturated rings. The predicted octanol–water partition coefficient (Wildman–Crippen LogP) is 4.00. The Labute approximate surface area is 179 Å². The summed E-state index contributed by atoms with van der Waals surface area (Å²) in [5.41, 5.74) is 1.53. The Bertz CT molecular complexity index is 903. The number of methoxy groups -OCH3 is 1. The first kappa shape index (κ1) is 21.5. The number of nitrogens with one attached hydrogen (secondary N) is 2. The summed E-state index contributed by atoms with van der Waals surface area (Å²) in [5.74, 6) is 0.634. The number of carbonyl (C=O) groups is 2. The van der Waals surface area contributed by atoms with Gasteiger partial charge in [0.25, 0.3) is 0 Å². The van der Waals surface area contributed by atoms with E-state index in [2.05, 4.69) is 26.2 Å². The fourth-order valence-electron chi connectivity index (χ4n) is 3.56. The van der Waals surface area contributed by atoms with Crippen molar-refractivity contribution in [1.29, 1.82) is 0 Å². The summed E-state index contributed by atoms with van der Waals surface area (Å²) in [4.78, 5) is 29.8. The summed E-state index contributed by atoms with van der Waals surface area (Å²) in [6, 6.07) is 3.49. The third kappa shape index (κ3) is 5.04. The van der Waals surface area contributed by atoms with Crippen molar-refractivity contribution < 1.29 is 19.1 Å². The first-order chi connectivity index (χ1) is 13.7. The van der Waals surface area contributed by atoms with E-state index in [1.165, 1.54) is 4.90 Å². The monoisotopic (exact) mass is 465 g/mol. The SMILES string of the molecule is COc1cc2c(CCNC(=O)[C@@H]3CCCN3C(=O)OC(C)(C)C)c[nH]c2cc1Br. The van der Waals surface area contributed by atoms with Crippen molar-refractivity contribution in [1.82, 2.24) is 15.2 Å². The Kier molecular flexibility index (Phi) is 6.41. The Morgan fingerprint density at radius 3 is 2.79 bits per heavy atom. The van der Waals surface area contributed by atoms with E-state index in [0.29, 0.717) is 25.9 Å². The number of hydrogen-bond acceptors (Lipinski definition) is 4. The van der Waals surface area contributed by atoms with Gasteiger partial charge in [0.05, 0.1) is 11.6 Å². The van der Waals surface area contributed by atoms with Crippen molar-refractivity contribution in [3.63, 3.8) is 0 Å². The molecule has 2 amide bonds. The lowest BCUT2D eigenvalue weighted by Crippen LogP contribution is -2.47. The number of ether oxygens (including phenoxy) is 2. The number of carbonyl (C=O) groups excluding carboxylic acids is 2. The smallest absolute Gasteiger partial charge is 0.410 e. The average Bonchev–Trinajstić information content (AvgIpc) is 3.26. The quantitative estimate of drug-likeness (QED) is 0.698. The maximum absolute atomic E-state index is 12.7. The van der Waals surface area contributed by atoms with E-state index < -0.39 is 17.7 Å². The van der Waals surface area contributed by atoms with E-state index in [9.17, 15) is 9.59 Å². The molecule has 0 bridgehead atoms. The lowest BCUT2D eigenvalue weighted by molar-refractivity contribution is -0.125. The fraction of sp³-hybridized carbons (Fsp3) is 0.524. The minimum Gasteiger partial charge on any atom is -0.496 e. The van der Waals surface area contributed by atoms with Crippen LogP contribution in [0.5, 0.6) is 5.75 Å². The highest BCUT2D eigenvalue weighted by molar-refractivity contribution is 9.10. The van der Waals surface area contributed by atoms with E-state index in [4.69, 9.17) is 9.47 Å². The number of hydrogen-bond donors (Lipinski definition) is 2. The molecule has 1 atom stereocenters. The van der Waals surface area contributed by atoms with Crippen molar-refractivity contribution in [3.05, 3.63) is 28.4 Å². The molecule has 0 radical (unpaired) electrons. The molecule has 0 aliphatic carbocycles. The van der Waals surface area contributed by atoms with Gasteiger partial charge in [0.1, 0.15) is 17.4 Å². The molecule has 1 aromatic heterocycles. The van der Waals surface area contributed by atoms with Crippen molar-refractivity contribution in [2.75, 3.05) is 20.2 Å². The zero-order chi connectivity index (χ0) is 21.2. The van der Waals surface area contributed by atoms with Crippen LogP contribution < -0.4 is 10.1 Å². The van der Waals surface area contributed by atoms with Crippen LogP contribution >= 0.6 is 15.9 Å². The van der Waals surface area contributed by atoms with Crippen LogP contribution in [0.15, 0.2) is 22.8 Å². The summed E-state index contributed by atoms with van der Waals surface area (Å²) in [6.45, 7) is 6.51. The van der Waals surface area contributed by atoms with Crippen LogP contribution in [-0.2, 0) is 16.0 Å². The van der Waals surface area contributed by atoms with Gasteiger partial charge in [-0.15, -0.1) is 0 Å². The number of H-pyrrole nitrogens is 1. The van der Waals surface area contributed by atoms with Gasteiger partial charge in [-0.2, -0.15) is 0 Å². The van der Waals surface area contributed by atoms with Crippen LogP contribution in [0.2, 0.25) is 0 Å². The molecule has 0 unspecified atom stereocenters. The normalized spacial score (nSPS) is 16.9. The minimum atomic E-state index is -0.577. The second-order valence-corrected chi connectivity index (χ2v) is 9.07. The molecular formula is C21H28BrN3O4. The van der Waals surface area contributed by atoms with Crippen molar-refractivity contribution >= 4 is 38.8 Å². The Morgan fingerprint density at radius 1 is 1.34 bits per heavy atom. The van der Waals surface area contributed by atoms with Gasteiger partial charge in [-0.05, 0) is 73.7 Å². The molecule has 1 aliphatic heterocycles. The summed E-state index contributed by atoms with van der Waals surface area (Å²) >= 11 is 3.49.